The lowest BCUT2D eigenvalue weighted by molar-refractivity contribution is 0.538. The smallest absolute Gasteiger partial charge is 0.202 e. The van der Waals surface area contributed by atoms with Gasteiger partial charge in [-0.05, 0) is 42.1 Å². The van der Waals surface area contributed by atoms with Crippen molar-refractivity contribution in [2.45, 2.75) is 36.4 Å². The van der Waals surface area contributed by atoms with E-state index in [1.807, 2.05) is 53.1 Å². The molecule has 0 atom stereocenters. The van der Waals surface area contributed by atoms with Crippen molar-refractivity contribution in [3.8, 4) is 17.1 Å². The Morgan fingerprint density at radius 1 is 0.857 bits per heavy atom. The summed E-state index contributed by atoms with van der Waals surface area (Å²) in [4.78, 5) is 13.2. The number of rotatable bonds is 4. The Balaban J connectivity index is 1.79. The molecule has 4 rings (SSSR count). The highest BCUT2D eigenvalue weighted by atomic mass is 32.2. The summed E-state index contributed by atoms with van der Waals surface area (Å²) < 4.78 is 2.04. The fourth-order valence-corrected chi connectivity index (χ4v) is 3.50. The molecule has 4 aromatic rings. The Labute approximate surface area is 168 Å². The van der Waals surface area contributed by atoms with E-state index in [2.05, 4.69) is 40.9 Å². The van der Waals surface area contributed by atoms with Crippen LogP contribution in [0.25, 0.3) is 17.1 Å². The Bertz CT molecular complexity index is 1070. The van der Waals surface area contributed by atoms with E-state index >= 15 is 0 Å². The van der Waals surface area contributed by atoms with Gasteiger partial charge in [-0.1, -0.05) is 39.0 Å². The zero-order valence-electron chi connectivity index (χ0n) is 15.9. The summed E-state index contributed by atoms with van der Waals surface area (Å²) in [6, 6.07) is 15.8. The topological polar surface area (TPSA) is 69.4 Å². The molecule has 0 unspecified atom stereocenters. The molecule has 7 heteroatoms. The van der Waals surface area contributed by atoms with E-state index in [1.54, 1.807) is 18.6 Å². The second-order valence-corrected chi connectivity index (χ2v) is 8.27. The van der Waals surface area contributed by atoms with E-state index in [0.717, 1.165) is 33.1 Å². The van der Waals surface area contributed by atoms with Gasteiger partial charge in [-0.2, -0.15) is 0 Å². The third-order valence-corrected chi connectivity index (χ3v) is 4.97. The van der Waals surface area contributed by atoms with Crippen LogP contribution in [-0.4, -0.2) is 29.7 Å². The average molecular weight is 389 g/mol. The van der Waals surface area contributed by atoms with Crippen LogP contribution in [0.1, 0.15) is 26.6 Å². The Morgan fingerprint density at radius 2 is 1.61 bits per heavy atom. The quantitative estimate of drug-likeness (QED) is 0.477. The standard InChI is InChI=1S/C21H20N6S/c1-21(2,3)19-23-14-11-17(24-19)28-20-26-25-18(15-9-12-22-13-10-15)27(20)16-7-5-4-6-8-16/h4-14H,1-3H3. The van der Waals surface area contributed by atoms with Crippen LogP contribution in [0, 0.1) is 0 Å². The largest absolute Gasteiger partial charge is 0.270 e. The van der Waals surface area contributed by atoms with Crippen LogP contribution in [0.15, 0.2) is 77.3 Å². The summed E-state index contributed by atoms with van der Waals surface area (Å²) in [7, 11) is 0. The monoisotopic (exact) mass is 388 g/mol. The summed E-state index contributed by atoms with van der Waals surface area (Å²) in [6.45, 7) is 6.31. The molecule has 140 valence electrons. The van der Waals surface area contributed by atoms with E-state index in [4.69, 9.17) is 4.98 Å². The molecule has 28 heavy (non-hydrogen) atoms. The number of benzene rings is 1. The lowest BCUT2D eigenvalue weighted by Crippen LogP contribution is -2.15. The average Bonchev–Trinajstić information content (AvgIpc) is 3.12. The third-order valence-electron chi connectivity index (χ3n) is 4.08. The number of hydrogen-bond acceptors (Lipinski definition) is 6. The first-order valence-electron chi connectivity index (χ1n) is 8.95. The molecule has 0 spiro atoms. The minimum atomic E-state index is -0.119. The van der Waals surface area contributed by atoms with Crippen LogP contribution < -0.4 is 0 Å². The van der Waals surface area contributed by atoms with Gasteiger partial charge in [0, 0.05) is 35.3 Å². The van der Waals surface area contributed by atoms with Crippen LogP contribution >= 0.6 is 11.8 Å². The second kappa shape index (κ2) is 7.52. The van der Waals surface area contributed by atoms with Gasteiger partial charge in [0.2, 0.25) is 5.16 Å². The summed E-state index contributed by atoms with van der Waals surface area (Å²) in [5.74, 6) is 1.57. The van der Waals surface area contributed by atoms with E-state index < -0.39 is 0 Å². The van der Waals surface area contributed by atoms with Crippen molar-refractivity contribution in [2.75, 3.05) is 0 Å². The second-order valence-electron chi connectivity index (χ2n) is 7.28. The van der Waals surface area contributed by atoms with Crippen LogP contribution in [0.4, 0.5) is 0 Å². The van der Waals surface area contributed by atoms with Crippen LogP contribution in [0.2, 0.25) is 0 Å². The Hall–Kier alpha value is -3.06. The maximum absolute atomic E-state index is 4.72. The van der Waals surface area contributed by atoms with Gasteiger partial charge >= 0.3 is 0 Å². The van der Waals surface area contributed by atoms with Crippen molar-refractivity contribution in [1.82, 2.24) is 29.7 Å². The highest BCUT2D eigenvalue weighted by Gasteiger charge is 2.20. The molecule has 0 radical (unpaired) electrons. The van der Waals surface area contributed by atoms with Crippen molar-refractivity contribution in [2.24, 2.45) is 0 Å². The van der Waals surface area contributed by atoms with E-state index in [9.17, 15) is 0 Å². The van der Waals surface area contributed by atoms with E-state index in [-0.39, 0.29) is 5.41 Å². The SMILES string of the molecule is CC(C)(C)c1nccc(Sc2nnc(-c3ccncc3)n2-c2ccccc2)n1. The van der Waals surface area contributed by atoms with Crippen LogP contribution in [0.3, 0.4) is 0 Å². The maximum Gasteiger partial charge on any atom is 0.202 e. The van der Waals surface area contributed by atoms with Crippen molar-refractivity contribution in [3.63, 3.8) is 0 Å². The molecule has 0 bridgehead atoms. The van der Waals surface area contributed by atoms with Gasteiger partial charge in [0.05, 0.1) is 0 Å². The lowest BCUT2D eigenvalue weighted by atomic mass is 9.96. The minimum Gasteiger partial charge on any atom is -0.270 e. The predicted molar refractivity (Wildman–Crippen MR) is 109 cm³/mol. The van der Waals surface area contributed by atoms with Crippen molar-refractivity contribution in [3.05, 3.63) is 72.9 Å². The molecule has 3 aromatic heterocycles. The first kappa shape index (κ1) is 18.3. The molecule has 0 aliphatic heterocycles. The molecule has 6 nitrogen and oxygen atoms in total. The van der Waals surface area contributed by atoms with Crippen molar-refractivity contribution >= 4 is 11.8 Å². The lowest BCUT2D eigenvalue weighted by Gasteiger charge is -2.16. The van der Waals surface area contributed by atoms with Gasteiger partial charge in [-0.3, -0.25) is 9.55 Å². The molecular weight excluding hydrogens is 368 g/mol. The highest BCUT2D eigenvalue weighted by molar-refractivity contribution is 7.99. The summed E-state index contributed by atoms with van der Waals surface area (Å²) >= 11 is 1.48. The third kappa shape index (κ3) is 3.80. The van der Waals surface area contributed by atoms with Gasteiger partial charge in [0.25, 0.3) is 0 Å². The highest BCUT2D eigenvalue weighted by Crippen LogP contribution is 2.32. The summed E-state index contributed by atoms with van der Waals surface area (Å²) in [5, 5.41) is 10.5. The molecule has 1 aromatic carbocycles. The number of pyridine rings is 1. The summed E-state index contributed by atoms with van der Waals surface area (Å²) in [6.07, 6.45) is 5.31. The van der Waals surface area contributed by atoms with Crippen LogP contribution in [-0.2, 0) is 5.41 Å². The molecule has 0 saturated carbocycles. The number of hydrogen-bond donors (Lipinski definition) is 0. The van der Waals surface area contributed by atoms with Crippen LogP contribution in [0.5, 0.6) is 0 Å². The van der Waals surface area contributed by atoms with E-state index in [1.165, 1.54) is 11.8 Å². The zero-order valence-corrected chi connectivity index (χ0v) is 16.8. The minimum absolute atomic E-state index is 0.119. The van der Waals surface area contributed by atoms with Gasteiger partial charge in [0.15, 0.2) is 5.82 Å². The molecule has 0 aliphatic rings. The predicted octanol–water partition coefficient (Wildman–Crippen LogP) is 4.57. The number of aromatic nitrogens is 6. The first-order valence-corrected chi connectivity index (χ1v) is 9.76. The molecule has 0 amide bonds. The summed E-state index contributed by atoms with van der Waals surface area (Å²) in [5.41, 5.74) is 1.83. The molecular formula is C21H20N6S. The van der Waals surface area contributed by atoms with Crippen molar-refractivity contribution < 1.29 is 0 Å². The molecule has 0 saturated heterocycles. The van der Waals surface area contributed by atoms with Crippen molar-refractivity contribution in [1.29, 1.82) is 0 Å². The maximum atomic E-state index is 4.72. The zero-order chi connectivity index (χ0) is 19.6. The fourth-order valence-electron chi connectivity index (χ4n) is 2.69. The van der Waals surface area contributed by atoms with Gasteiger partial charge in [-0.15, -0.1) is 10.2 Å². The van der Waals surface area contributed by atoms with Gasteiger partial charge < -0.3 is 0 Å². The fraction of sp³-hybridized carbons (Fsp3) is 0.190. The molecule has 3 heterocycles. The van der Waals surface area contributed by atoms with Gasteiger partial charge in [-0.25, -0.2) is 9.97 Å². The first-order chi connectivity index (χ1) is 13.5. The normalized spacial score (nSPS) is 11.5. The molecule has 0 N–H and O–H groups in total. The van der Waals surface area contributed by atoms with E-state index in [0.29, 0.717) is 0 Å². The Morgan fingerprint density at radius 3 is 2.32 bits per heavy atom. The molecule has 0 fully saturated rings. The Kier molecular flexibility index (Phi) is 4.92. The number of nitrogens with zero attached hydrogens (tertiary/aromatic N) is 6. The van der Waals surface area contributed by atoms with Gasteiger partial charge in [0.1, 0.15) is 10.9 Å². The molecule has 0 aliphatic carbocycles. The number of para-hydroxylation sites is 1.